The number of hydrogen-bond acceptors (Lipinski definition) is 2. The highest BCUT2D eigenvalue weighted by molar-refractivity contribution is 6.29. The molecule has 0 fully saturated rings. The Balaban J connectivity index is 1.34. The predicted molar refractivity (Wildman–Crippen MR) is 215 cm³/mol. The first-order chi connectivity index (χ1) is 25.4. The number of nitrogens with one attached hydrogen (secondary N) is 2. The van der Waals surface area contributed by atoms with Gasteiger partial charge in [-0.3, -0.25) is 9.98 Å². The summed E-state index contributed by atoms with van der Waals surface area (Å²) in [5.41, 5.74) is 16.2. The molecule has 3 aliphatic rings. The number of aromatic nitrogens is 2. The summed E-state index contributed by atoms with van der Waals surface area (Å²) in [5, 5.41) is 2.09. The molecular formula is C48H42N4. The van der Waals surface area contributed by atoms with E-state index in [2.05, 4.69) is 183 Å². The zero-order valence-electron chi connectivity index (χ0n) is 30.1. The van der Waals surface area contributed by atoms with Gasteiger partial charge >= 0.3 is 0 Å². The summed E-state index contributed by atoms with van der Waals surface area (Å²) in [6.45, 7) is 8.56. The Morgan fingerprint density at radius 3 is 1.56 bits per heavy atom. The maximum atomic E-state index is 5.58. The highest BCUT2D eigenvalue weighted by Gasteiger charge is 2.34. The molecule has 4 atom stereocenters. The zero-order valence-corrected chi connectivity index (χ0v) is 30.1. The first-order valence-electron chi connectivity index (χ1n) is 18.3. The minimum atomic E-state index is -0.104. The highest BCUT2D eigenvalue weighted by atomic mass is 14.9. The predicted octanol–water partition coefficient (Wildman–Crippen LogP) is 8.71. The summed E-state index contributed by atoms with van der Waals surface area (Å²) >= 11 is 0. The van der Waals surface area contributed by atoms with Crippen LogP contribution >= 0.6 is 0 Å². The van der Waals surface area contributed by atoms with Gasteiger partial charge < -0.3 is 9.97 Å². The Morgan fingerprint density at radius 2 is 0.942 bits per heavy atom. The molecule has 0 radical (unpaired) electrons. The van der Waals surface area contributed by atoms with Crippen LogP contribution in [0.5, 0.6) is 0 Å². The fraction of sp³-hybridized carbons (Fsp3) is 0.167. The maximum Gasteiger partial charge on any atom is 0.0815 e. The van der Waals surface area contributed by atoms with E-state index in [1.807, 2.05) is 0 Å². The molecule has 9 rings (SSSR count). The Kier molecular flexibility index (Phi) is 7.96. The first kappa shape index (κ1) is 31.9. The summed E-state index contributed by atoms with van der Waals surface area (Å²) in [7, 11) is 0. The van der Waals surface area contributed by atoms with Crippen LogP contribution in [0.3, 0.4) is 0 Å². The summed E-state index contributed by atoms with van der Waals surface area (Å²) < 4.78 is 0. The first-order valence-corrected chi connectivity index (χ1v) is 18.3. The topological polar surface area (TPSA) is 56.3 Å². The third kappa shape index (κ3) is 5.84. The second-order valence-electron chi connectivity index (χ2n) is 14.6. The van der Waals surface area contributed by atoms with Crippen LogP contribution in [0, 0.1) is 27.7 Å². The largest absolute Gasteiger partial charge is 0.358 e. The SMILES string of the molecule is Cc1ccc(C2=c3cc/c([nH]3)=C(\c3ccc(C)cc3)c3ccc([nH]3)C(c3ccc(C)cc3)C3C=CC(=N3)C(c3ccc(C)cc3)C3C=CC2=N3)cc1. The van der Waals surface area contributed by atoms with E-state index in [4.69, 9.17) is 9.98 Å². The van der Waals surface area contributed by atoms with Crippen LogP contribution in [0.25, 0.3) is 11.1 Å². The van der Waals surface area contributed by atoms with Gasteiger partial charge in [-0.05, 0) is 86.4 Å². The lowest BCUT2D eigenvalue weighted by atomic mass is 9.87. The Labute approximate surface area is 305 Å². The standard InChI is InChI=1S/C48H42N4/c1-29-5-13-33(14-6-29)45-37-21-23-39(49-37)46(34-15-7-30(2)8-16-34)41-25-27-43(51-41)48(36-19-11-32(4)12-20-36)44-28-26-42(52-44)47(40-24-22-38(45)50-40)35-17-9-31(3)10-18-35/h5-28,37,40,45,47,51-52H,1-4H3/b46-41?,48-43-. The average molecular weight is 675 g/mol. The molecule has 0 saturated carbocycles. The van der Waals surface area contributed by atoms with Crippen molar-refractivity contribution in [2.45, 2.75) is 51.6 Å². The van der Waals surface area contributed by atoms with E-state index in [0.29, 0.717) is 0 Å². The number of hydrogen-bond donors (Lipinski definition) is 2. The number of aryl methyl sites for hydroxylation is 4. The van der Waals surface area contributed by atoms with Crippen molar-refractivity contribution in [3.05, 3.63) is 212 Å². The van der Waals surface area contributed by atoms with Crippen LogP contribution in [0.1, 0.15) is 67.7 Å². The zero-order chi connectivity index (χ0) is 35.3. The lowest BCUT2D eigenvalue weighted by Gasteiger charge is -2.23. The second kappa shape index (κ2) is 13.0. The molecule has 0 saturated heterocycles. The van der Waals surface area contributed by atoms with E-state index in [-0.39, 0.29) is 23.9 Å². The molecule has 0 amide bonds. The molecule has 5 heterocycles. The van der Waals surface area contributed by atoms with Crippen LogP contribution in [-0.2, 0) is 0 Å². The van der Waals surface area contributed by atoms with Crippen molar-refractivity contribution in [2.24, 2.45) is 9.98 Å². The van der Waals surface area contributed by atoms with E-state index < -0.39 is 0 Å². The van der Waals surface area contributed by atoms with Gasteiger partial charge in [0.05, 0.1) is 29.6 Å². The Hall–Kier alpha value is -6.00. The van der Waals surface area contributed by atoms with Crippen LogP contribution in [0.15, 0.2) is 156 Å². The fourth-order valence-corrected chi connectivity index (χ4v) is 8.01. The molecular weight excluding hydrogens is 633 g/mol. The molecule has 0 aliphatic carbocycles. The lowest BCUT2D eigenvalue weighted by molar-refractivity contribution is 0.686. The summed E-state index contributed by atoms with van der Waals surface area (Å²) in [5.74, 6) is -0.0193. The Morgan fingerprint density at radius 1 is 0.442 bits per heavy atom. The molecule has 4 heteroatoms. The molecule has 6 aromatic rings. The average Bonchev–Trinajstić information content (AvgIpc) is 3.99. The van der Waals surface area contributed by atoms with Gasteiger partial charge in [0.1, 0.15) is 0 Å². The molecule has 254 valence electrons. The fourth-order valence-electron chi connectivity index (χ4n) is 8.01. The highest BCUT2D eigenvalue weighted by Crippen LogP contribution is 2.38. The molecule has 2 aromatic heterocycles. The summed E-state index contributed by atoms with van der Waals surface area (Å²) in [4.78, 5) is 18.9. The second-order valence-corrected chi connectivity index (χ2v) is 14.6. The minimum absolute atomic E-state index is 0.00722. The van der Waals surface area contributed by atoms with E-state index in [9.17, 15) is 0 Å². The van der Waals surface area contributed by atoms with Crippen molar-refractivity contribution in [1.82, 2.24) is 9.97 Å². The number of aromatic amines is 2. The molecule has 0 spiro atoms. The molecule has 3 aliphatic heterocycles. The molecule has 2 N–H and O–H groups in total. The number of aliphatic imine (C=N–C) groups is 2. The molecule has 8 bridgehead atoms. The van der Waals surface area contributed by atoms with Crippen molar-refractivity contribution < 1.29 is 0 Å². The van der Waals surface area contributed by atoms with Gasteiger partial charge in [0.2, 0.25) is 0 Å². The summed E-state index contributed by atoms with van der Waals surface area (Å²) in [6.07, 6.45) is 9.05. The van der Waals surface area contributed by atoms with Gasteiger partial charge in [-0.1, -0.05) is 131 Å². The molecule has 4 aromatic carbocycles. The quantitative estimate of drug-likeness (QED) is 0.188. The lowest BCUT2D eigenvalue weighted by Crippen LogP contribution is -2.23. The van der Waals surface area contributed by atoms with Crippen LogP contribution in [0.4, 0.5) is 0 Å². The smallest absolute Gasteiger partial charge is 0.0815 e. The van der Waals surface area contributed by atoms with Crippen LogP contribution in [-0.4, -0.2) is 33.5 Å². The van der Waals surface area contributed by atoms with Gasteiger partial charge in [0.25, 0.3) is 0 Å². The van der Waals surface area contributed by atoms with E-state index in [1.54, 1.807) is 0 Å². The van der Waals surface area contributed by atoms with E-state index in [1.165, 1.54) is 33.4 Å². The van der Waals surface area contributed by atoms with Gasteiger partial charge in [0, 0.05) is 38.9 Å². The van der Waals surface area contributed by atoms with E-state index in [0.717, 1.165) is 55.8 Å². The number of allylic oxidation sites excluding steroid dienone is 2. The van der Waals surface area contributed by atoms with E-state index >= 15 is 0 Å². The number of fused-ring (bicyclic) bond motifs is 6. The van der Waals surface area contributed by atoms with Gasteiger partial charge in [-0.2, -0.15) is 0 Å². The van der Waals surface area contributed by atoms with Crippen LogP contribution < -0.4 is 10.7 Å². The van der Waals surface area contributed by atoms with Gasteiger partial charge in [-0.25, -0.2) is 0 Å². The molecule has 52 heavy (non-hydrogen) atoms. The van der Waals surface area contributed by atoms with Crippen molar-refractivity contribution >= 4 is 22.6 Å². The van der Waals surface area contributed by atoms with Crippen molar-refractivity contribution in [1.29, 1.82) is 0 Å². The minimum Gasteiger partial charge on any atom is -0.358 e. The van der Waals surface area contributed by atoms with Crippen molar-refractivity contribution in [3.63, 3.8) is 0 Å². The molecule has 4 unspecified atom stereocenters. The molecule has 4 nitrogen and oxygen atoms in total. The van der Waals surface area contributed by atoms with Gasteiger partial charge in [-0.15, -0.1) is 0 Å². The number of benzene rings is 4. The van der Waals surface area contributed by atoms with Crippen molar-refractivity contribution in [2.75, 3.05) is 0 Å². The van der Waals surface area contributed by atoms with Gasteiger partial charge in [0.15, 0.2) is 0 Å². The third-order valence-corrected chi connectivity index (χ3v) is 10.9. The maximum absolute atomic E-state index is 5.58. The number of H-pyrrole nitrogens is 2. The number of nitrogens with zero attached hydrogens (tertiary/aromatic N) is 2. The monoisotopic (exact) mass is 674 g/mol. The van der Waals surface area contributed by atoms with Crippen molar-refractivity contribution in [3.8, 4) is 0 Å². The van der Waals surface area contributed by atoms with Crippen LogP contribution in [0.2, 0.25) is 0 Å². The normalized spacial score (nSPS) is 21.7. The number of rotatable bonds is 4. The summed E-state index contributed by atoms with van der Waals surface area (Å²) in [6, 6.07) is 44.2. The Bertz CT molecular complexity index is 2530. The third-order valence-electron chi connectivity index (χ3n) is 10.9.